The minimum absolute atomic E-state index is 0.0881. The zero-order valence-electron chi connectivity index (χ0n) is 18.9. The molecule has 2 aromatic rings. The summed E-state index contributed by atoms with van der Waals surface area (Å²) in [5, 5.41) is 0. The fourth-order valence-electron chi connectivity index (χ4n) is 4.99. The number of carbonyl (C=O) groups is 1. The molecule has 0 spiro atoms. The maximum absolute atomic E-state index is 12.8. The van der Waals surface area contributed by atoms with Crippen molar-refractivity contribution in [2.45, 2.75) is 32.2 Å². The van der Waals surface area contributed by atoms with Crippen molar-refractivity contribution < 1.29 is 22.7 Å². The highest BCUT2D eigenvalue weighted by Crippen LogP contribution is 2.33. The smallest absolute Gasteiger partial charge is 0.406 e. The van der Waals surface area contributed by atoms with E-state index in [-0.39, 0.29) is 11.7 Å². The van der Waals surface area contributed by atoms with Gasteiger partial charge >= 0.3 is 6.36 Å². The van der Waals surface area contributed by atoms with Crippen LogP contribution in [0.1, 0.15) is 24.0 Å². The number of aryl methyl sites for hydroxylation is 1. The molecule has 0 bridgehead atoms. The lowest BCUT2D eigenvalue weighted by molar-refractivity contribution is -0.274. The van der Waals surface area contributed by atoms with Crippen LogP contribution in [0.15, 0.2) is 42.5 Å². The number of hydrogen-bond acceptors (Lipinski definition) is 6. The first-order chi connectivity index (χ1) is 16.2. The van der Waals surface area contributed by atoms with Gasteiger partial charge in [-0.25, -0.2) is 0 Å². The molecular weight excluding hydrogens is 447 g/mol. The second-order valence-corrected chi connectivity index (χ2v) is 9.10. The van der Waals surface area contributed by atoms with Gasteiger partial charge in [0, 0.05) is 39.1 Å². The molecule has 1 amide bonds. The molecule has 2 atom stereocenters. The Balaban J connectivity index is 1.25. The summed E-state index contributed by atoms with van der Waals surface area (Å²) in [5.74, 6) is 6.30. The van der Waals surface area contributed by atoms with E-state index in [0.717, 1.165) is 50.3 Å². The Morgan fingerprint density at radius 1 is 1.06 bits per heavy atom. The maximum Gasteiger partial charge on any atom is 0.573 e. The first-order valence-corrected chi connectivity index (χ1v) is 11.4. The molecule has 0 aliphatic carbocycles. The zero-order valence-corrected chi connectivity index (χ0v) is 18.9. The molecule has 2 aliphatic rings. The normalized spacial score (nSPS) is 20.8. The van der Waals surface area contributed by atoms with Crippen LogP contribution in [0.2, 0.25) is 0 Å². The van der Waals surface area contributed by atoms with Crippen LogP contribution in [0.4, 0.5) is 24.5 Å². The number of amides is 1. The van der Waals surface area contributed by atoms with Crippen LogP contribution in [0.3, 0.4) is 0 Å². The van der Waals surface area contributed by atoms with Gasteiger partial charge in [0.25, 0.3) is 0 Å². The average Bonchev–Trinajstić information content (AvgIpc) is 3.19. The van der Waals surface area contributed by atoms with Crippen molar-refractivity contribution in [3.05, 3.63) is 53.6 Å². The number of likely N-dealkylation sites (tertiary alicyclic amines) is 2. The molecule has 0 saturated carbocycles. The molecule has 2 unspecified atom stereocenters. The molecule has 0 radical (unpaired) electrons. The minimum atomic E-state index is -4.71. The van der Waals surface area contributed by atoms with Crippen LogP contribution in [-0.2, 0) is 17.8 Å². The summed E-state index contributed by atoms with van der Waals surface area (Å²) in [6.45, 7) is 4.25. The third-order valence-electron chi connectivity index (χ3n) is 6.69. The highest BCUT2D eigenvalue weighted by atomic mass is 19.4. The van der Waals surface area contributed by atoms with Crippen molar-refractivity contribution >= 4 is 17.3 Å². The Kier molecular flexibility index (Phi) is 7.18. The monoisotopic (exact) mass is 477 g/mol. The van der Waals surface area contributed by atoms with Crippen molar-refractivity contribution in [3.8, 4) is 5.75 Å². The molecule has 5 N–H and O–H groups in total. The van der Waals surface area contributed by atoms with E-state index in [2.05, 4.69) is 15.1 Å². The van der Waals surface area contributed by atoms with Gasteiger partial charge in [0.05, 0.1) is 11.4 Å². The fourth-order valence-corrected chi connectivity index (χ4v) is 4.99. The Morgan fingerprint density at radius 2 is 1.76 bits per heavy atom. The predicted octanol–water partition coefficient (Wildman–Crippen LogP) is 3.37. The number of nitrogens with one attached hydrogen (secondary N) is 1. The number of anilines is 2. The molecule has 7 nitrogen and oxygen atoms in total. The van der Waals surface area contributed by atoms with Gasteiger partial charge < -0.3 is 20.8 Å². The molecule has 2 aliphatic heterocycles. The van der Waals surface area contributed by atoms with Gasteiger partial charge in [-0.3, -0.25) is 15.5 Å². The number of nitrogens with two attached hydrogens (primary N) is 2. The lowest BCUT2D eigenvalue weighted by Gasteiger charge is -2.34. The van der Waals surface area contributed by atoms with Gasteiger partial charge in [-0.1, -0.05) is 18.2 Å². The van der Waals surface area contributed by atoms with E-state index >= 15 is 0 Å². The van der Waals surface area contributed by atoms with Crippen LogP contribution >= 0.6 is 0 Å². The van der Waals surface area contributed by atoms with E-state index < -0.39 is 6.36 Å². The second kappa shape index (κ2) is 10.1. The van der Waals surface area contributed by atoms with E-state index in [4.69, 9.17) is 11.6 Å². The molecule has 2 heterocycles. The number of hydrogen-bond donors (Lipinski definition) is 3. The molecular formula is C24H30F3N5O2. The summed E-state index contributed by atoms with van der Waals surface area (Å²) >= 11 is 0. The summed E-state index contributed by atoms with van der Waals surface area (Å²) in [4.78, 5) is 17.1. The summed E-state index contributed by atoms with van der Waals surface area (Å²) in [6.07, 6.45) is -2.91. The Hall–Kier alpha value is -2.98. The van der Waals surface area contributed by atoms with Crippen LogP contribution in [0.25, 0.3) is 0 Å². The molecule has 4 rings (SSSR count). The lowest BCUT2D eigenvalue weighted by Crippen LogP contribution is -2.43. The van der Waals surface area contributed by atoms with E-state index in [1.807, 2.05) is 23.1 Å². The summed E-state index contributed by atoms with van der Waals surface area (Å²) in [5.41, 5.74) is 11.9. The van der Waals surface area contributed by atoms with Crippen molar-refractivity contribution in [1.29, 1.82) is 0 Å². The van der Waals surface area contributed by atoms with Crippen molar-refractivity contribution in [2.75, 3.05) is 37.3 Å². The van der Waals surface area contributed by atoms with Gasteiger partial charge in [0.1, 0.15) is 5.75 Å². The number of carbonyl (C=O) groups excluding carboxylic acids is 1. The summed E-state index contributed by atoms with van der Waals surface area (Å²) in [7, 11) is 0. The molecule has 10 heteroatoms. The fraction of sp³-hybridized carbons (Fsp3) is 0.458. The highest BCUT2D eigenvalue weighted by molar-refractivity contribution is 5.76. The third-order valence-corrected chi connectivity index (χ3v) is 6.69. The number of nitrogen functional groups attached to an aromatic ring is 2. The van der Waals surface area contributed by atoms with Crippen LogP contribution in [0, 0.1) is 11.8 Å². The predicted molar refractivity (Wildman–Crippen MR) is 124 cm³/mol. The van der Waals surface area contributed by atoms with Crippen molar-refractivity contribution in [1.82, 2.24) is 9.80 Å². The van der Waals surface area contributed by atoms with E-state index in [1.54, 1.807) is 12.1 Å². The quantitative estimate of drug-likeness (QED) is 0.322. The zero-order chi connectivity index (χ0) is 24.3. The standard InChI is InChI=1S/C24H30F3N5O2/c25-24(26,27)34-20-5-1-16(2-6-20)4-8-23(33)32-10-9-18-13-31(14-19(18)15-32)12-17-3-7-22(30-29)21(28)11-17/h1-3,5-7,11,18-19,30H,4,8-10,12-15,28-29H2. The first-order valence-electron chi connectivity index (χ1n) is 11.4. The van der Waals surface area contributed by atoms with Gasteiger partial charge in [0.15, 0.2) is 0 Å². The van der Waals surface area contributed by atoms with Crippen LogP contribution in [-0.4, -0.2) is 48.2 Å². The van der Waals surface area contributed by atoms with Gasteiger partial charge in [-0.15, -0.1) is 13.2 Å². The molecule has 184 valence electrons. The number of halogens is 3. The van der Waals surface area contributed by atoms with Crippen LogP contribution in [0.5, 0.6) is 5.75 Å². The largest absolute Gasteiger partial charge is 0.573 e. The van der Waals surface area contributed by atoms with E-state index in [9.17, 15) is 18.0 Å². The number of nitrogens with zero attached hydrogens (tertiary/aromatic N) is 2. The number of fused-ring (bicyclic) bond motifs is 1. The number of piperidine rings is 1. The topological polar surface area (TPSA) is 96.8 Å². The Bertz CT molecular complexity index is 999. The average molecular weight is 478 g/mol. The number of ether oxygens (including phenoxy) is 1. The number of alkyl halides is 3. The Morgan fingerprint density at radius 3 is 2.44 bits per heavy atom. The first kappa shape index (κ1) is 24.2. The van der Waals surface area contributed by atoms with E-state index in [0.29, 0.717) is 36.1 Å². The Labute approximate surface area is 196 Å². The molecule has 0 aromatic heterocycles. The number of benzene rings is 2. The van der Waals surface area contributed by atoms with Gasteiger partial charge in [-0.2, -0.15) is 0 Å². The molecule has 34 heavy (non-hydrogen) atoms. The third kappa shape index (κ3) is 6.12. The molecule has 2 aromatic carbocycles. The summed E-state index contributed by atoms with van der Waals surface area (Å²) in [6, 6.07) is 11.5. The minimum Gasteiger partial charge on any atom is -0.406 e. The van der Waals surface area contributed by atoms with E-state index in [1.165, 1.54) is 12.1 Å². The van der Waals surface area contributed by atoms with Crippen molar-refractivity contribution in [3.63, 3.8) is 0 Å². The molecule has 2 saturated heterocycles. The lowest BCUT2D eigenvalue weighted by atomic mass is 9.88. The van der Waals surface area contributed by atoms with Crippen molar-refractivity contribution in [2.24, 2.45) is 17.7 Å². The number of hydrazine groups is 1. The van der Waals surface area contributed by atoms with Gasteiger partial charge in [0.2, 0.25) is 5.91 Å². The number of rotatable bonds is 7. The summed E-state index contributed by atoms with van der Waals surface area (Å²) < 4.78 is 40.7. The molecule has 2 fully saturated rings. The van der Waals surface area contributed by atoms with Gasteiger partial charge in [-0.05, 0) is 60.1 Å². The SMILES string of the molecule is NNc1ccc(CN2CC3CCN(C(=O)CCc4ccc(OC(F)(F)F)cc4)CC3C2)cc1N. The highest BCUT2D eigenvalue weighted by Gasteiger charge is 2.38. The maximum atomic E-state index is 12.8. The van der Waals surface area contributed by atoms with Crippen LogP contribution < -0.4 is 21.7 Å². The second-order valence-electron chi connectivity index (χ2n) is 9.10.